The first kappa shape index (κ1) is 23.6. The highest BCUT2D eigenvalue weighted by molar-refractivity contribution is 14.0. The lowest BCUT2D eigenvalue weighted by Gasteiger charge is -2.37. The molecule has 2 aliphatic heterocycles. The second-order valence-corrected chi connectivity index (χ2v) is 8.49. The zero-order valence-electron chi connectivity index (χ0n) is 16.5. The van der Waals surface area contributed by atoms with Crippen molar-refractivity contribution < 1.29 is 13.7 Å². The molecular formula is C20H32IN3O3S. The Hall–Kier alpha value is -0.710. The molecule has 158 valence electrons. The first-order valence-corrected chi connectivity index (χ1v) is 11.4. The Labute approximate surface area is 187 Å². The molecule has 0 saturated carbocycles. The van der Waals surface area contributed by atoms with Gasteiger partial charge in [0, 0.05) is 48.5 Å². The predicted octanol–water partition coefficient (Wildman–Crippen LogP) is 2.40. The van der Waals surface area contributed by atoms with E-state index in [1.54, 1.807) is 0 Å². The second-order valence-electron chi connectivity index (χ2n) is 6.92. The maximum absolute atomic E-state index is 12.3. The molecule has 3 atom stereocenters. The molecule has 0 amide bonds. The van der Waals surface area contributed by atoms with Crippen LogP contribution in [0.15, 0.2) is 35.3 Å². The maximum Gasteiger partial charge on any atom is 0.194 e. The molecule has 0 aliphatic carbocycles. The van der Waals surface area contributed by atoms with Crippen LogP contribution in [0.5, 0.6) is 0 Å². The lowest BCUT2D eigenvalue weighted by Crippen LogP contribution is -2.53. The van der Waals surface area contributed by atoms with Crippen molar-refractivity contribution in [3.63, 3.8) is 0 Å². The molecule has 28 heavy (non-hydrogen) atoms. The summed E-state index contributed by atoms with van der Waals surface area (Å²) in [5, 5.41) is 3.37. The Morgan fingerprint density at radius 3 is 2.75 bits per heavy atom. The topological polar surface area (TPSA) is 63.2 Å². The third-order valence-corrected chi connectivity index (χ3v) is 6.15. The van der Waals surface area contributed by atoms with Crippen molar-refractivity contribution in [3.05, 3.63) is 35.9 Å². The Kier molecular flexibility index (Phi) is 10.7. The third kappa shape index (κ3) is 7.27. The highest BCUT2D eigenvalue weighted by atomic mass is 127. The van der Waals surface area contributed by atoms with E-state index in [0.29, 0.717) is 24.7 Å². The zero-order chi connectivity index (χ0) is 18.9. The summed E-state index contributed by atoms with van der Waals surface area (Å²) in [6.45, 7) is 6.59. The SMILES string of the molecule is CCNC(=NCCS(=O)Cc1ccccc1)N1CCOC(C2CCCO2)C1.I. The number of rotatable bonds is 7. The van der Waals surface area contributed by atoms with Gasteiger partial charge in [0.25, 0.3) is 0 Å². The number of morpholine rings is 1. The smallest absolute Gasteiger partial charge is 0.194 e. The van der Waals surface area contributed by atoms with Crippen molar-refractivity contribution in [1.82, 2.24) is 10.2 Å². The summed E-state index contributed by atoms with van der Waals surface area (Å²) < 4.78 is 24.1. The number of hydrogen-bond donors (Lipinski definition) is 1. The molecule has 3 unspecified atom stereocenters. The summed E-state index contributed by atoms with van der Waals surface area (Å²) in [5.74, 6) is 2.05. The van der Waals surface area contributed by atoms with Crippen LogP contribution in [0.4, 0.5) is 0 Å². The quantitative estimate of drug-likeness (QED) is 0.339. The van der Waals surface area contributed by atoms with Crippen LogP contribution in [0.1, 0.15) is 25.3 Å². The molecular weight excluding hydrogens is 489 g/mol. The van der Waals surface area contributed by atoms with E-state index >= 15 is 0 Å². The molecule has 2 fully saturated rings. The van der Waals surface area contributed by atoms with Crippen molar-refractivity contribution in [2.45, 2.75) is 37.7 Å². The van der Waals surface area contributed by atoms with Gasteiger partial charge in [0.15, 0.2) is 5.96 Å². The molecule has 0 radical (unpaired) electrons. The van der Waals surface area contributed by atoms with E-state index in [1.165, 1.54) is 0 Å². The maximum atomic E-state index is 12.3. The summed E-state index contributed by atoms with van der Waals surface area (Å²) >= 11 is 0. The van der Waals surface area contributed by atoms with Gasteiger partial charge in [-0.3, -0.25) is 9.20 Å². The highest BCUT2D eigenvalue weighted by Crippen LogP contribution is 2.21. The average molecular weight is 521 g/mol. The van der Waals surface area contributed by atoms with Crippen molar-refractivity contribution in [3.8, 4) is 0 Å². The first-order chi connectivity index (χ1) is 13.3. The van der Waals surface area contributed by atoms with E-state index in [0.717, 1.165) is 50.6 Å². The average Bonchev–Trinajstić information content (AvgIpc) is 3.23. The predicted molar refractivity (Wildman–Crippen MR) is 125 cm³/mol. The van der Waals surface area contributed by atoms with Gasteiger partial charge in [-0.2, -0.15) is 0 Å². The summed E-state index contributed by atoms with van der Waals surface area (Å²) in [4.78, 5) is 6.97. The second kappa shape index (κ2) is 12.8. The molecule has 3 rings (SSSR count). The van der Waals surface area contributed by atoms with Gasteiger partial charge in [-0.15, -0.1) is 24.0 Å². The summed E-state index contributed by atoms with van der Waals surface area (Å²) in [5.41, 5.74) is 1.11. The van der Waals surface area contributed by atoms with E-state index in [9.17, 15) is 4.21 Å². The van der Waals surface area contributed by atoms with Crippen LogP contribution in [0, 0.1) is 0 Å². The van der Waals surface area contributed by atoms with Gasteiger partial charge < -0.3 is 19.7 Å². The molecule has 0 aromatic heterocycles. The van der Waals surface area contributed by atoms with E-state index in [-0.39, 0.29) is 36.2 Å². The van der Waals surface area contributed by atoms with Crippen LogP contribution in [0.3, 0.4) is 0 Å². The summed E-state index contributed by atoms with van der Waals surface area (Å²) in [6, 6.07) is 9.98. The molecule has 2 saturated heterocycles. The fourth-order valence-corrected chi connectivity index (χ4v) is 4.50. The van der Waals surface area contributed by atoms with Gasteiger partial charge in [-0.05, 0) is 25.3 Å². The fourth-order valence-electron chi connectivity index (χ4n) is 3.50. The normalized spacial score (nSPS) is 23.9. The van der Waals surface area contributed by atoms with Crippen LogP contribution < -0.4 is 5.32 Å². The lowest BCUT2D eigenvalue weighted by atomic mass is 10.1. The molecule has 8 heteroatoms. The molecule has 1 N–H and O–H groups in total. The van der Waals surface area contributed by atoms with E-state index in [4.69, 9.17) is 14.5 Å². The molecule has 2 heterocycles. The Bertz CT molecular complexity index is 626. The van der Waals surface area contributed by atoms with Gasteiger partial charge in [0.2, 0.25) is 0 Å². The van der Waals surface area contributed by atoms with Gasteiger partial charge in [0.05, 0.1) is 19.3 Å². The van der Waals surface area contributed by atoms with Crippen molar-refractivity contribution in [2.75, 3.05) is 45.1 Å². The van der Waals surface area contributed by atoms with Gasteiger partial charge in [0.1, 0.15) is 6.10 Å². The molecule has 6 nitrogen and oxygen atoms in total. The zero-order valence-corrected chi connectivity index (χ0v) is 19.7. The Morgan fingerprint density at radius 2 is 2.04 bits per heavy atom. The number of guanidine groups is 1. The van der Waals surface area contributed by atoms with E-state index in [2.05, 4.69) is 17.1 Å². The van der Waals surface area contributed by atoms with Crippen LogP contribution in [-0.4, -0.2) is 72.4 Å². The fraction of sp³-hybridized carbons (Fsp3) is 0.650. The van der Waals surface area contributed by atoms with Crippen LogP contribution >= 0.6 is 24.0 Å². The summed E-state index contributed by atoms with van der Waals surface area (Å²) in [7, 11) is -0.903. The Balaban J connectivity index is 0.00000280. The number of nitrogens with zero attached hydrogens (tertiary/aromatic N) is 2. The molecule has 0 bridgehead atoms. The van der Waals surface area contributed by atoms with Crippen LogP contribution in [-0.2, 0) is 26.0 Å². The van der Waals surface area contributed by atoms with Gasteiger partial charge in [-0.25, -0.2) is 0 Å². The summed E-state index contributed by atoms with van der Waals surface area (Å²) in [6.07, 6.45) is 2.50. The highest BCUT2D eigenvalue weighted by Gasteiger charge is 2.32. The minimum Gasteiger partial charge on any atom is -0.375 e. The number of halogens is 1. The van der Waals surface area contributed by atoms with Crippen LogP contribution in [0.25, 0.3) is 0 Å². The van der Waals surface area contributed by atoms with Crippen molar-refractivity contribution in [2.24, 2.45) is 4.99 Å². The van der Waals surface area contributed by atoms with E-state index in [1.807, 2.05) is 30.3 Å². The number of hydrogen-bond acceptors (Lipinski definition) is 4. The van der Waals surface area contributed by atoms with Crippen molar-refractivity contribution >= 4 is 40.7 Å². The first-order valence-electron chi connectivity index (χ1n) is 9.91. The number of nitrogens with one attached hydrogen (secondary N) is 1. The third-order valence-electron chi connectivity index (χ3n) is 4.86. The largest absolute Gasteiger partial charge is 0.375 e. The standard InChI is InChI=1S/C20H31N3O3S.HI/c1-2-21-20(22-10-14-27(24)16-17-7-4-3-5-8-17)23-11-13-26-19(15-23)18-9-6-12-25-18;/h3-5,7-8,18-19H,2,6,9-16H2,1H3,(H,21,22);1H. The molecule has 2 aliphatic rings. The van der Waals surface area contributed by atoms with Gasteiger partial charge >= 0.3 is 0 Å². The lowest BCUT2D eigenvalue weighted by molar-refractivity contribution is -0.0816. The molecule has 1 aromatic carbocycles. The van der Waals surface area contributed by atoms with E-state index < -0.39 is 10.8 Å². The van der Waals surface area contributed by atoms with Crippen LogP contribution in [0.2, 0.25) is 0 Å². The minimum absolute atomic E-state index is 0. The number of ether oxygens (including phenoxy) is 2. The monoisotopic (exact) mass is 521 g/mol. The van der Waals surface area contributed by atoms with Gasteiger partial charge in [-0.1, -0.05) is 30.3 Å². The molecule has 0 spiro atoms. The Morgan fingerprint density at radius 1 is 1.25 bits per heavy atom. The number of benzene rings is 1. The van der Waals surface area contributed by atoms with Crippen molar-refractivity contribution in [1.29, 1.82) is 0 Å². The molecule has 1 aromatic rings. The number of aliphatic imine (C=N–C) groups is 1. The minimum atomic E-state index is -0.903.